The molecular formula is C25H26ClNO3. The number of fused-ring (bicyclic) bond motifs is 1. The zero-order chi connectivity index (χ0) is 20.1. The molecule has 156 valence electrons. The van der Waals surface area contributed by atoms with Crippen LogP contribution in [0.2, 0.25) is 0 Å². The Bertz CT molecular complexity index is 1000. The number of halogens is 1. The van der Waals surface area contributed by atoms with E-state index in [2.05, 4.69) is 36.4 Å². The van der Waals surface area contributed by atoms with Crippen molar-refractivity contribution in [3.63, 3.8) is 0 Å². The second-order valence-electron chi connectivity index (χ2n) is 7.04. The third-order valence-corrected chi connectivity index (χ3v) is 5.15. The van der Waals surface area contributed by atoms with Crippen LogP contribution < -0.4 is 14.2 Å². The van der Waals surface area contributed by atoms with E-state index in [1.807, 2.05) is 30.3 Å². The molecule has 0 aromatic heterocycles. The van der Waals surface area contributed by atoms with E-state index >= 15 is 0 Å². The first-order valence-electron chi connectivity index (χ1n) is 9.81. The van der Waals surface area contributed by atoms with Gasteiger partial charge in [0.1, 0.15) is 12.4 Å². The molecule has 1 aliphatic heterocycles. The van der Waals surface area contributed by atoms with Crippen molar-refractivity contribution in [3.05, 3.63) is 89.0 Å². The number of benzene rings is 3. The van der Waals surface area contributed by atoms with Gasteiger partial charge in [-0.05, 0) is 47.4 Å². The number of ether oxygens (including phenoxy) is 3. The summed E-state index contributed by atoms with van der Waals surface area (Å²) in [4.78, 5) is 4.81. The van der Waals surface area contributed by atoms with Crippen molar-refractivity contribution in [2.24, 2.45) is 4.99 Å². The third-order valence-electron chi connectivity index (χ3n) is 5.15. The summed E-state index contributed by atoms with van der Waals surface area (Å²) in [5.74, 6) is 2.38. The predicted molar refractivity (Wildman–Crippen MR) is 123 cm³/mol. The van der Waals surface area contributed by atoms with Crippen molar-refractivity contribution in [1.29, 1.82) is 0 Å². The summed E-state index contributed by atoms with van der Waals surface area (Å²) in [6.07, 6.45) is 1.69. The SMILES string of the molecule is COc1ccc(CC2=NCCc3cc(OC)c(OCc4ccccc4)cc32)cc1.Cl. The van der Waals surface area contributed by atoms with Gasteiger partial charge < -0.3 is 14.2 Å². The molecule has 0 bridgehead atoms. The molecule has 0 saturated carbocycles. The fourth-order valence-electron chi connectivity index (χ4n) is 3.57. The molecule has 3 aromatic rings. The molecule has 0 amide bonds. The van der Waals surface area contributed by atoms with E-state index < -0.39 is 0 Å². The van der Waals surface area contributed by atoms with Crippen LogP contribution in [-0.4, -0.2) is 26.5 Å². The highest BCUT2D eigenvalue weighted by atomic mass is 35.5. The van der Waals surface area contributed by atoms with E-state index in [0.717, 1.165) is 53.5 Å². The minimum Gasteiger partial charge on any atom is -0.497 e. The minimum atomic E-state index is 0. The first kappa shape index (κ1) is 21.7. The quantitative estimate of drug-likeness (QED) is 0.518. The molecule has 0 N–H and O–H groups in total. The van der Waals surface area contributed by atoms with Gasteiger partial charge in [-0.15, -0.1) is 12.4 Å². The van der Waals surface area contributed by atoms with Crippen LogP contribution >= 0.6 is 12.4 Å². The summed E-state index contributed by atoms with van der Waals surface area (Å²) in [5.41, 5.74) is 5.83. The number of hydrogen-bond acceptors (Lipinski definition) is 4. The smallest absolute Gasteiger partial charge is 0.162 e. The Balaban J connectivity index is 0.00000256. The Kier molecular flexibility index (Phi) is 7.36. The lowest BCUT2D eigenvalue weighted by Gasteiger charge is -2.20. The van der Waals surface area contributed by atoms with E-state index in [9.17, 15) is 0 Å². The molecule has 0 atom stereocenters. The minimum absolute atomic E-state index is 0. The lowest BCUT2D eigenvalue weighted by atomic mass is 9.93. The second kappa shape index (κ2) is 10.2. The van der Waals surface area contributed by atoms with E-state index in [-0.39, 0.29) is 12.4 Å². The van der Waals surface area contributed by atoms with E-state index in [0.29, 0.717) is 6.61 Å². The summed E-state index contributed by atoms with van der Waals surface area (Å²) < 4.78 is 17.0. The largest absolute Gasteiger partial charge is 0.497 e. The van der Waals surface area contributed by atoms with Gasteiger partial charge in [0.15, 0.2) is 11.5 Å². The van der Waals surface area contributed by atoms with Crippen LogP contribution in [0, 0.1) is 0 Å². The zero-order valence-corrected chi connectivity index (χ0v) is 18.1. The molecule has 1 aliphatic rings. The predicted octanol–water partition coefficient (Wildman–Crippen LogP) is 5.29. The Morgan fingerprint density at radius 2 is 1.60 bits per heavy atom. The number of hydrogen-bond donors (Lipinski definition) is 0. The number of methoxy groups -OCH3 is 2. The molecule has 0 fully saturated rings. The van der Waals surface area contributed by atoms with Gasteiger partial charge >= 0.3 is 0 Å². The van der Waals surface area contributed by atoms with Crippen molar-refractivity contribution in [2.75, 3.05) is 20.8 Å². The number of nitrogens with zero attached hydrogens (tertiary/aromatic N) is 1. The normalized spacial score (nSPS) is 12.3. The van der Waals surface area contributed by atoms with Crippen LogP contribution in [-0.2, 0) is 19.4 Å². The lowest BCUT2D eigenvalue weighted by molar-refractivity contribution is 0.284. The van der Waals surface area contributed by atoms with Gasteiger partial charge in [0.2, 0.25) is 0 Å². The van der Waals surface area contributed by atoms with Crippen LogP contribution in [0.1, 0.15) is 22.3 Å². The Morgan fingerprint density at radius 1 is 0.833 bits per heavy atom. The molecule has 4 nitrogen and oxygen atoms in total. The summed E-state index contributed by atoms with van der Waals surface area (Å²) in [5, 5.41) is 0. The standard InChI is InChI=1S/C25H25NO3.ClH/c1-27-21-10-8-18(9-11-21)14-23-22-16-25(29-17-19-6-4-3-5-7-19)24(28-2)15-20(22)12-13-26-23;/h3-11,15-16H,12-14,17H2,1-2H3;1H. The Morgan fingerprint density at radius 3 is 2.30 bits per heavy atom. The van der Waals surface area contributed by atoms with E-state index in [4.69, 9.17) is 19.2 Å². The van der Waals surface area contributed by atoms with Crippen molar-refractivity contribution < 1.29 is 14.2 Å². The topological polar surface area (TPSA) is 40.0 Å². The van der Waals surface area contributed by atoms with Crippen LogP contribution in [0.4, 0.5) is 0 Å². The Hall–Kier alpha value is -2.98. The fourth-order valence-corrected chi connectivity index (χ4v) is 3.57. The van der Waals surface area contributed by atoms with Crippen LogP contribution in [0.25, 0.3) is 0 Å². The van der Waals surface area contributed by atoms with Crippen molar-refractivity contribution in [3.8, 4) is 17.2 Å². The monoisotopic (exact) mass is 423 g/mol. The van der Waals surface area contributed by atoms with Crippen molar-refractivity contribution in [1.82, 2.24) is 0 Å². The molecule has 4 rings (SSSR count). The molecule has 1 heterocycles. The summed E-state index contributed by atoms with van der Waals surface area (Å²) in [6.45, 7) is 1.30. The molecule has 0 unspecified atom stereocenters. The van der Waals surface area contributed by atoms with Gasteiger partial charge in [-0.2, -0.15) is 0 Å². The van der Waals surface area contributed by atoms with Gasteiger partial charge in [-0.3, -0.25) is 4.99 Å². The molecule has 0 spiro atoms. The summed E-state index contributed by atoms with van der Waals surface area (Å²) >= 11 is 0. The molecular weight excluding hydrogens is 398 g/mol. The van der Waals surface area contributed by atoms with Crippen LogP contribution in [0.15, 0.2) is 71.7 Å². The molecule has 5 heteroatoms. The first-order chi connectivity index (χ1) is 14.3. The third kappa shape index (κ3) is 4.95. The lowest BCUT2D eigenvalue weighted by Crippen LogP contribution is -2.16. The summed E-state index contributed by atoms with van der Waals surface area (Å²) in [7, 11) is 3.37. The zero-order valence-electron chi connectivity index (χ0n) is 17.3. The van der Waals surface area contributed by atoms with Crippen LogP contribution in [0.3, 0.4) is 0 Å². The van der Waals surface area contributed by atoms with Gasteiger partial charge in [-0.1, -0.05) is 42.5 Å². The molecule has 30 heavy (non-hydrogen) atoms. The molecule has 3 aromatic carbocycles. The highest BCUT2D eigenvalue weighted by Gasteiger charge is 2.19. The Labute approximate surface area is 183 Å². The van der Waals surface area contributed by atoms with E-state index in [1.54, 1.807) is 14.2 Å². The maximum absolute atomic E-state index is 6.11. The van der Waals surface area contributed by atoms with Gasteiger partial charge in [0.25, 0.3) is 0 Å². The average molecular weight is 424 g/mol. The van der Waals surface area contributed by atoms with E-state index in [1.165, 1.54) is 11.1 Å². The van der Waals surface area contributed by atoms with Crippen molar-refractivity contribution in [2.45, 2.75) is 19.4 Å². The highest BCUT2D eigenvalue weighted by molar-refractivity contribution is 6.04. The van der Waals surface area contributed by atoms with Gasteiger partial charge in [0, 0.05) is 24.2 Å². The van der Waals surface area contributed by atoms with Gasteiger partial charge in [-0.25, -0.2) is 0 Å². The maximum Gasteiger partial charge on any atom is 0.162 e. The highest BCUT2D eigenvalue weighted by Crippen LogP contribution is 2.34. The molecule has 0 aliphatic carbocycles. The van der Waals surface area contributed by atoms with Crippen molar-refractivity contribution >= 4 is 18.1 Å². The maximum atomic E-state index is 6.11. The number of rotatable bonds is 7. The second-order valence-corrected chi connectivity index (χ2v) is 7.04. The number of aliphatic imine (C=N–C) groups is 1. The fraction of sp³-hybridized carbons (Fsp3) is 0.240. The first-order valence-corrected chi connectivity index (χ1v) is 9.81. The van der Waals surface area contributed by atoms with Gasteiger partial charge in [0.05, 0.1) is 14.2 Å². The average Bonchev–Trinajstić information content (AvgIpc) is 2.78. The molecule has 0 radical (unpaired) electrons. The molecule has 0 saturated heterocycles. The van der Waals surface area contributed by atoms with Crippen LogP contribution in [0.5, 0.6) is 17.2 Å². The summed E-state index contributed by atoms with van der Waals surface area (Å²) in [6, 6.07) is 22.5.